The minimum atomic E-state index is 0. The molecule has 1 amide bonds. The summed E-state index contributed by atoms with van der Waals surface area (Å²) in [5, 5.41) is 5.35. The van der Waals surface area contributed by atoms with Crippen LogP contribution in [0.3, 0.4) is 0 Å². The van der Waals surface area contributed by atoms with Crippen molar-refractivity contribution in [2.24, 2.45) is 12.8 Å². The van der Waals surface area contributed by atoms with E-state index >= 15 is 0 Å². The normalized spacial score (nSPS) is 16.2. The van der Waals surface area contributed by atoms with Gasteiger partial charge in [0.15, 0.2) is 5.65 Å². The number of piperidine rings is 1. The molecule has 29 heavy (non-hydrogen) atoms. The number of carbonyl (C=O) groups is 1. The Bertz CT molecular complexity index is 990. The Labute approximate surface area is 183 Å². The van der Waals surface area contributed by atoms with Gasteiger partial charge in [-0.15, -0.1) is 24.8 Å². The highest BCUT2D eigenvalue weighted by molar-refractivity contribution is 6.07. The lowest BCUT2D eigenvalue weighted by Gasteiger charge is -2.35. The van der Waals surface area contributed by atoms with Gasteiger partial charge in [0.25, 0.3) is 5.91 Å². The van der Waals surface area contributed by atoms with Crippen LogP contribution in [0.15, 0.2) is 36.4 Å². The second-order valence-corrected chi connectivity index (χ2v) is 7.21. The molecule has 0 spiro atoms. The maximum atomic E-state index is 13.5. The zero-order chi connectivity index (χ0) is 19.0. The summed E-state index contributed by atoms with van der Waals surface area (Å²) < 4.78 is 1.75. The van der Waals surface area contributed by atoms with Crippen molar-refractivity contribution in [3.8, 4) is 11.3 Å². The van der Waals surface area contributed by atoms with E-state index in [2.05, 4.69) is 5.10 Å². The van der Waals surface area contributed by atoms with Crippen LogP contribution in [0.25, 0.3) is 22.3 Å². The molecule has 3 aromatic rings. The molecule has 6 nitrogen and oxygen atoms in total. The fourth-order valence-corrected chi connectivity index (χ4v) is 4.04. The highest BCUT2D eigenvalue weighted by atomic mass is 35.5. The summed E-state index contributed by atoms with van der Waals surface area (Å²) in [7, 11) is 1.87. The van der Waals surface area contributed by atoms with Crippen LogP contribution in [0.5, 0.6) is 0 Å². The summed E-state index contributed by atoms with van der Waals surface area (Å²) in [6.45, 7) is 3.18. The predicted octanol–water partition coefficient (Wildman–Crippen LogP) is 3.74. The fraction of sp³-hybridized carbons (Fsp3) is 0.381. The van der Waals surface area contributed by atoms with Crippen LogP contribution in [0, 0.1) is 6.92 Å². The Balaban J connectivity index is 0.00000150. The third-order valence-corrected chi connectivity index (χ3v) is 5.43. The van der Waals surface area contributed by atoms with Crippen molar-refractivity contribution in [2.45, 2.75) is 32.2 Å². The topological polar surface area (TPSA) is 77.0 Å². The van der Waals surface area contributed by atoms with Crippen molar-refractivity contribution < 1.29 is 4.79 Å². The molecule has 156 valence electrons. The monoisotopic (exact) mass is 435 g/mol. The van der Waals surface area contributed by atoms with E-state index < -0.39 is 0 Å². The molecule has 0 saturated carbocycles. The number of hydrogen-bond donors (Lipinski definition) is 1. The number of pyridine rings is 1. The van der Waals surface area contributed by atoms with Gasteiger partial charge in [-0.2, -0.15) is 5.10 Å². The zero-order valence-electron chi connectivity index (χ0n) is 16.7. The lowest BCUT2D eigenvalue weighted by Crippen LogP contribution is -2.47. The van der Waals surface area contributed by atoms with Gasteiger partial charge < -0.3 is 10.6 Å². The molecule has 1 aliphatic heterocycles. The third-order valence-electron chi connectivity index (χ3n) is 5.43. The molecule has 8 heteroatoms. The van der Waals surface area contributed by atoms with Crippen molar-refractivity contribution in [1.82, 2.24) is 19.7 Å². The smallest absolute Gasteiger partial charge is 0.255 e. The molecular weight excluding hydrogens is 409 g/mol. The van der Waals surface area contributed by atoms with E-state index in [4.69, 9.17) is 10.7 Å². The van der Waals surface area contributed by atoms with Crippen molar-refractivity contribution >= 4 is 41.8 Å². The lowest BCUT2D eigenvalue weighted by molar-refractivity contribution is 0.0625. The highest BCUT2D eigenvalue weighted by Gasteiger charge is 2.29. The number of rotatable bonds is 3. The Morgan fingerprint density at radius 1 is 1.21 bits per heavy atom. The maximum Gasteiger partial charge on any atom is 0.255 e. The molecule has 2 N–H and O–H groups in total. The van der Waals surface area contributed by atoms with E-state index in [1.54, 1.807) is 4.68 Å². The summed E-state index contributed by atoms with van der Waals surface area (Å²) in [4.78, 5) is 20.3. The number of benzene rings is 1. The molecule has 1 saturated heterocycles. The molecule has 1 aliphatic rings. The first-order valence-electron chi connectivity index (χ1n) is 9.51. The van der Waals surface area contributed by atoms with Gasteiger partial charge in [0.1, 0.15) is 0 Å². The van der Waals surface area contributed by atoms with Crippen molar-refractivity contribution in [2.75, 3.05) is 13.1 Å². The van der Waals surface area contributed by atoms with E-state index in [9.17, 15) is 4.79 Å². The number of aromatic nitrogens is 3. The second kappa shape index (κ2) is 9.57. The number of nitrogens with zero attached hydrogens (tertiary/aromatic N) is 4. The molecule has 4 rings (SSSR count). The number of likely N-dealkylation sites (tertiary alicyclic amines) is 1. The van der Waals surface area contributed by atoms with E-state index in [1.807, 2.05) is 55.3 Å². The van der Waals surface area contributed by atoms with Crippen molar-refractivity contribution in [3.05, 3.63) is 47.7 Å². The number of halogens is 2. The molecule has 0 aliphatic carbocycles. The Hall–Kier alpha value is -2.15. The molecule has 1 atom stereocenters. The number of nitrogens with two attached hydrogens (primary N) is 1. The van der Waals surface area contributed by atoms with Crippen LogP contribution >= 0.6 is 24.8 Å². The highest BCUT2D eigenvalue weighted by Crippen LogP contribution is 2.29. The first kappa shape index (κ1) is 23.1. The van der Waals surface area contributed by atoms with Gasteiger partial charge in [0.05, 0.1) is 22.3 Å². The van der Waals surface area contributed by atoms with Gasteiger partial charge in [0.2, 0.25) is 0 Å². The molecule has 3 heterocycles. The van der Waals surface area contributed by atoms with E-state index in [1.165, 1.54) is 0 Å². The molecular formula is C21H27Cl2N5O. The molecule has 2 aromatic heterocycles. The summed E-state index contributed by atoms with van der Waals surface area (Å²) in [6, 6.07) is 12.0. The molecule has 0 bridgehead atoms. The molecule has 1 unspecified atom stereocenters. The summed E-state index contributed by atoms with van der Waals surface area (Å²) >= 11 is 0. The van der Waals surface area contributed by atoms with Gasteiger partial charge in [-0.05, 0) is 32.3 Å². The number of amides is 1. The summed E-state index contributed by atoms with van der Waals surface area (Å²) in [5.74, 6) is 0.0332. The van der Waals surface area contributed by atoms with Crippen LogP contribution < -0.4 is 5.73 Å². The Morgan fingerprint density at radius 3 is 2.62 bits per heavy atom. The average Bonchev–Trinajstić information content (AvgIpc) is 3.01. The van der Waals surface area contributed by atoms with Crippen LogP contribution in [0.4, 0.5) is 0 Å². The average molecular weight is 436 g/mol. The Kier molecular flexibility index (Phi) is 7.63. The number of aryl methyl sites for hydroxylation is 2. The minimum absolute atomic E-state index is 0. The lowest BCUT2D eigenvalue weighted by atomic mass is 9.99. The van der Waals surface area contributed by atoms with Gasteiger partial charge >= 0.3 is 0 Å². The van der Waals surface area contributed by atoms with E-state index in [-0.39, 0.29) is 36.8 Å². The quantitative estimate of drug-likeness (QED) is 0.679. The zero-order valence-corrected chi connectivity index (χ0v) is 18.3. The number of fused-ring (bicyclic) bond motifs is 1. The largest absolute Gasteiger partial charge is 0.334 e. The van der Waals surface area contributed by atoms with Crippen LogP contribution in [0.2, 0.25) is 0 Å². The standard InChI is InChI=1S/C21H25N5O.2ClH/c1-14-19-17(21(27)26-11-7-6-10-16(26)13-22)12-18(15-8-4-3-5-9-15)23-20(19)25(2)24-14;;/h3-5,8-9,12,16H,6-7,10-11,13,22H2,1-2H3;2*1H. The van der Waals surface area contributed by atoms with Crippen LogP contribution in [0.1, 0.15) is 35.3 Å². The van der Waals surface area contributed by atoms with Crippen LogP contribution in [-0.2, 0) is 7.05 Å². The van der Waals surface area contributed by atoms with Crippen molar-refractivity contribution in [1.29, 1.82) is 0 Å². The third kappa shape index (κ3) is 4.25. The predicted molar refractivity (Wildman–Crippen MR) is 121 cm³/mol. The minimum Gasteiger partial charge on any atom is -0.334 e. The SMILES string of the molecule is Cc1nn(C)c2nc(-c3ccccc3)cc(C(=O)N3CCCCC3CN)c12.Cl.Cl. The van der Waals surface area contributed by atoms with Crippen molar-refractivity contribution in [3.63, 3.8) is 0 Å². The van der Waals surface area contributed by atoms with Gasteiger partial charge in [-0.3, -0.25) is 9.48 Å². The first-order valence-corrected chi connectivity index (χ1v) is 9.51. The fourth-order valence-electron chi connectivity index (χ4n) is 4.04. The van der Waals surface area contributed by atoms with Gasteiger partial charge in [-0.25, -0.2) is 4.98 Å². The first-order chi connectivity index (χ1) is 13.1. The van der Waals surface area contributed by atoms with Gasteiger partial charge in [-0.1, -0.05) is 30.3 Å². The molecule has 1 aromatic carbocycles. The second-order valence-electron chi connectivity index (χ2n) is 7.21. The summed E-state index contributed by atoms with van der Waals surface area (Å²) in [5.41, 5.74) is 9.96. The molecule has 0 radical (unpaired) electrons. The molecule has 1 fully saturated rings. The van der Waals surface area contributed by atoms with Crippen LogP contribution in [-0.4, -0.2) is 44.7 Å². The van der Waals surface area contributed by atoms with E-state index in [0.29, 0.717) is 12.1 Å². The number of hydrogen-bond acceptors (Lipinski definition) is 4. The van der Waals surface area contributed by atoms with Gasteiger partial charge in [0, 0.05) is 31.7 Å². The Morgan fingerprint density at radius 2 is 1.93 bits per heavy atom. The summed E-state index contributed by atoms with van der Waals surface area (Å²) in [6.07, 6.45) is 3.11. The maximum absolute atomic E-state index is 13.5. The van der Waals surface area contributed by atoms with E-state index in [0.717, 1.165) is 53.8 Å². The number of carbonyl (C=O) groups excluding carboxylic acids is 1.